The summed E-state index contributed by atoms with van der Waals surface area (Å²) in [5.74, 6) is -7.46. The fourth-order valence-corrected chi connectivity index (χ4v) is 3.86. The molecule has 4 rings (SSSR count). The van der Waals surface area contributed by atoms with Crippen LogP contribution in [-0.2, 0) is 14.4 Å². The van der Waals surface area contributed by atoms with Crippen molar-refractivity contribution in [2.24, 2.45) is 5.92 Å². The van der Waals surface area contributed by atoms with Crippen LogP contribution in [0.1, 0.15) is 37.3 Å². The SMILES string of the molecule is O=C1CCC(c2noc3c(NC(=O)C(F)(F)C4CCNCC4)cccc23)C(=O)N1. The van der Waals surface area contributed by atoms with Crippen LogP contribution in [0.5, 0.6) is 0 Å². The van der Waals surface area contributed by atoms with Crippen LogP contribution in [0, 0.1) is 5.92 Å². The number of fused-ring (bicyclic) bond motifs is 1. The summed E-state index contributed by atoms with van der Waals surface area (Å²) in [5, 5.41) is 11.9. The van der Waals surface area contributed by atoms with Crippen molar-refractivity contribution in [3.63, 3.8) is 0 Å². The summed E-state index contributed by atoms with van der Waals surface area (Å²) in [6.07, 6.45) is 0.875. The van der Waals surface area contributed by atoms with Crippen LogP contribution in [0.2, 0.25) is 0 Å². The summed E-state index contributed by atoms with van der Waals surface area (Å²) in [4.78, 5) is 35.8. The number of alkyl halides is 2. The van der Waals surface area contributed by atoms with Crippen LogP contribution >= 0.6 is 0 Å². The lowest BCUT2D eigenvalue weighted by Crippen LogP contribution is -2.45. The molecule has 2 aliphatic rings. The molecule has 8 nitrogen and oxygen atoms in total. The molecule has 2 aliphatic heterocycles. The number of carbonyl (C=O) groups excluding carboxylic acids is 3. The number of nitrogens with zero attached hydrogens (tertiary/aromatic N) is 1. The molecule has 2 saturated heterocycles. The fourth-order valence-electron chi connectivity index (χ4n) is 3.86. The van der Waals surface area contributed by atoms with Crippen molar-refractivity contribution in [2.75, 3.05) is 18.4 Å². The first kappa shape index (κ1) is 19.4. The number of halogens is 2. The number of benzene rings is 1. The average molecular weight is 406 g/mol. The quantitative estimate of drug-likeness (QED) is 0.669. The fraction of sp³-hybridized carbons (Fsp3) is 0.474. The van der Waals surface area contributed by atoms with E-state index < -0.39 is 29.6 Å². The zero-order valence-corrected chi connectivity index (χ0v) is 15.5. The van der Waals surface area contributed by atoms with Crippen molar-refractivity contribution in [3.05, 3.63) is 23.9 Å². The molecule has 0 aliphatic carbocycles. The highest BCUT2D eigenvalue weighted by Gasteiger charge is 2.47. The third kappa shape index (κ3) is 3.59. The molecule has 0 radical (unpaired) electrons. The molecule has 10 heteroatoms. The minimum absolute atomic E-state index is 0.0622. The predicted molar refractivity (Wildman–Crippen MR) is 98.3 cm³/mol. The molecule has 0 spiro atoms. The van der Waals surface area contributed by atoms with Gasteiger partial charge in [0.25, 0.3) is 5.91 Å². The zero-order valence-electron chi connectivity index (χ0n) is 15.5. The van der Waals surface area contributed by atoms with Gasteiger partial charge in [-0.25, -0.2) is 0 Å². The Bertz CT molecular complexity index is 968. The molecule has 1 aromatic carbocycles. The van der Waals surface area contributed by atoms with Gasteiger partial charge >= 0.3 is 5.92 Å². The summed E-state index contributed by atoms with van der Waals surface area (Å²) in [5.41, 5.74) is 0.486. The van der Waals surface area contributed by atoms with E-state index in [1.165, 1.54) is 6.07 Å². The number of carbonyl (C=O) groups is 3. The maximum atomic E-state index is 14.6. The van der Waals surface area contributed by atoms with Crippen molar-refractivity contribution in [3.8, 4) is 0 Å². The second kappa shape index (κ2) is 7.51. The number of piperidine rings is 2. The Morgan fingerprint density at radius 2 is 1.97 bits per heavy atom. The van der Waals surface area contributed by atoms with E-state index in [9.17, 15) is 23.2 Å². The van der Waals surface area contributed by atoms with Gasteiger partial charge in [0, 0.05) is 17.7 Å². The van der Waals surface area contributed by atoms with E-state index >= 15 is 0 Å². The molecule has 0 saturated carbocycles. The Morgan fingerprint density at radius 1 is 1.21 bits per heavy atom. The number of anilines is 1. The second-order valence-corrected chi connectivity index (χ2v) is 7.36. The van der Waals surface area contributed by atoms with Gasteiger partial charge in [0.2, 0.25) is 11.8 Å². The van der Waals surface area contributed by atoms with E-state index in [0.717, 1.165) is 0 Å². The lowest BCUT2D eigenvalue weighted by atomic mass is 9.90. The maximum absolute atomic E-state index is 14.6. The molecule has 2 aromatic rings. The van der Waals surface area contributed by atoms with E-state index in [1.807, 2.05) is 0 Å². The normalized spacial score (nSPS) is 21.2. The third-order valence-corrected chi connectivity index (χ3v) is 5.50. The Hall–Kier alpha value is -2.88. The van der Waals surface area contributed by atoms with E-state index in [1.54, 1.807) is 12.1 Å². The van der Waals surface area contributed by atoms with Crippen LogP contribution in [-0.4, -0.2) is 41.9 Å². The van der Waals surface area contributed by atoms with E-state index in [4.69, 9.17) is 4.52 Å². The van der Waals surface area contributed by atoms with Crippen molar-refractivity contribution in [1.82, 2.24) is 15.8 Å². The Balaban J connectivity index is 1.59. The Morgan fingerprint density at radius 3 is 2.69 bits per heavy atom. The molecular formula is C19H20F2N4O4. The average Bonchev–Trinajstić information content (AvgIpc) is 3.13. The number of aromatic nitrogens is 1. The summed E-state index contributed by atoms with van der Waals surface area (Å²) in [6.45, 7) is 0.890. The molecule has 3 amide bonds. The monoisotopic (exact) mass is 406 g/mol. The molecule has 3 heterocycles. The number of hydrogen-bond acceptors (Lipinski definition) is 6. The number of para-hydroxylation sites is 1. The number of nitrogens with one attached hydrogen (secondary N) is 3. The molecule has 1 unspecified atom stereocenters. The highest BCUT2D eigenvalue weighted by molar-refractivity contribution is 6.05. The third-order valence-electron chi connectivity index (χ3n) is 5.50. The van der Waals surface area contributed by atoms with Crippen molar-refractivity contribution < 1.29 is 27.7 Å². The second-order valence-electron chi connectivity index (χ2n) is 7.36. The largest absolute Gasteiger partial charge is 0.354 e. The van der Waals surface area contributed by atoms with E-state index in [0.29, 0.717) is 24.2 Å². The first-order chi connectivity index (χ1) is 13.9. The predicted octanol–water partition coefficient (Wildman–Crippen LogP) is 1.92. The maximum Gasteiger partial charge on any atom is 0.327 e. The van der Waals surface area contributed by atoms with Gasteiger partial charge in [-0.1, -0.05) is 11.2 Å². The van der Waals surface area contributed by atoms with Gasteiger partial charge in [-0.05, 0) is 44.5 Å². The lowest BCUT2D eigenvalue weighted by molar-refractivity contribution is -0.149. The van der Waals surface area contributed by atoms with Gasteiger partial charge in [0.1, 0.15) is 5.69 Å². The Kier molecular flexibility index (Phi) is 5.03. The molecule has 3 N–H and O–H groups in total. The number of amides is 3. The summed E-state index contributed by atoms with van der Waals surface area (Å²) in [7, 11) is 0. The van der Waals surface area contributed by atoms with Gasteiger partial charge in [-0.3, -0.25) is 19.7 Å². The standard InChI is InChI=1S/C19H20F2N4O4/c20-19(21,10-6-8-22-9-7-10)18(28)23-13-3-1-2-11-15(25-29-16(11)13)12-4-5-14(26)24-17(12)27/h1-3,10,12,22H,4-9H2,(H,23,28)(H,24,26,27). The topological polar surface area (TPSA) is 113 Å². The minimum atomic E-state index is -3.52. The summed E-state index contributed by atoms with van der Waals surface area (Å²) in [6, 6.07) is 4.64. The van der Waals surface area contributed by atoms with Gasteiger partial charge < -0.3 is 15.2 Å². The highest BCUT2D eigenvalue weighted by atomic mass is 19.3. The highest BCUT2D eigenvalue weighted by Crippen LogP contribution is 2.36. The van der Waals surface area contributed by atoms with Gasteiger partial charge in [-0.15, -0.1) is 0 Å². The molecule has 0 bridgehead atoms. The first-order valence-corrected chi connectivity index (χ1v) is 9.50. The minimum Gasteiger partial charge on any atom is -0.354 e. The van der Waals surface area contributed by atoms with Crippen LogP contribution in [0.4, 0.5) is 14.5 Å². The molecule has 1 aromatic heterocycles. The van der Waals surface area contributed by atoms with Crippen molar-refractivity contribution >= 4 is 34.4 Å². The van der Waals surface area contributed by atoms with Gasteiger partial charge in [0.15, 0.2) is 5.58 Å². The lowest BCUT2D eigenvalue weighted by Gasteiger charge is -2.29. The first-order valence-electron chi connectivity index (χ1n) is 9.50. The number of rotatable bonds is 4. The van der Waals surface area contributed by atoms with E-state index in [-0.39, 0.29) is 42.9 Å². The summed E-state index contributed by atoms with van der Waals surface area (Å²) < 4.78 is 34.5. The molecule has 2 fully saturated rings. The van der Waals surface area contributed by atoms with Crippen LogP contribution < -0.4 is 16.0 Å². The van der Waals surface area contributed by atoms with Gasteiger partial charge in [-0.2, -0.15) is 8.78 Å². The van der Waals surface area contributed by atoms with Gasteiger partial charge in [0.05, 0.1) is 11.6 Å². The van der Waals surface area contributed by atoms with Crippen LogP contribution in [0.15, 0.2) is 22.7 Å². The number of imide groups is 1. The zero-order chi connectivity index (χ0) is 20.6. The Labute approximate surface area is 164 Å². The molecule has 1 atom stereocenters. The number of hydrogen-bond donors (Lipinski definition) is 3. The van der Waals surface area contributed by atoms with Crippen LogP contribution in [0.3, 0.4) is 0 Å². The smallest absolute Gasteiger partial charge is 0.327 e. The van der Waals surface area contributed by atoms with Crippen molar-refractivity contribution in [2.45, 2.75) is 37.5 Å². The molecule has 154 valence electrons. The summed E-state index contributed by atoms with van der Waals surface area (Å²) >= 11 is 0. The van der Waals surface area contributed by atoms with E-state index in [2.05, 4.69) is 21.1 Å². The van der Waals surface area contributed by atoms with Crippen LogP contribution in [0.25, 0.3) is 11.0 Å². The molecular weight excluding hydrogens is 386 g/mol. The molecule has 29 heavy (non-hydrogen) atoms. The van der Waals surface area contributed by atoms with Crippen molar-refractivity contribution in [1.29, 1.82) is 0 Å².